The molecule has 0 fully saturated rings. The third-order valence-corrected chi connectivity index (χ3v) is 3.29. The molecule has 0 spiro atoms. The minimum Gasteiger partial charge on any atom is -0.481 e. The topological polar surface area (TPSA) is 76.2 Å². The molecule has 0 aromatic carbocycles. The molecule has 78 valence electrons. The molecule has 3 N–H and O–H groups in total. The number of hydrogen-bond donors (Lipinski definition) is 2. The van der Waals surface area contributed by atoms with E-state index in [9.17, 15) is 4.79 Å². The second kappa shape index (κ2) is 3.84. The summed E-state index contributed by atoms with van der Waals surface area (Å²) in [5.41, 5.74) is 4.75. The first-order chi connectivity index (χ1) is 6.35. The van der Waals surface area contributed by atoms with Gasteiger partial charge in [-0.2, -0.15) is 0 Å². The van der Waals surface area contributed by atoms with Crippen molar-refractivity contribution in [2.24, 2.45) is 11.1 Å². The number of carboxylic acid groups (broad SMARTS) is 1. The summed E-state index contributed by atoms with van der Waals surface area (Å²) in [5.74, 6) is -0.948. The fourth-order valence-electron chi connectivity index (χ4n) is 0.852. The van der Waals surface area contributed by atoms with E-state index in [4.69, 9.17) is 22.4 Å². The van der Waals surface area contributed by atoms with Crippen molar-refractivity contribution in [2.75, 3.05) is 0 Å². The Hall–Kier alpha value is -0.650. The molecular weight excluding hydrogens is 224 g/mol. The van der Waals surface area contributed by atoms with Crippen LogP contribution in [-0.2, 0) is 4.79 Å². The minimum absolute atomic E-state index is 0.511. The molecule has 0 aliphatic heterocycles. The van der Waals surface area contributed by atoms with Gasteiger partial charge >= 0.3 is 5.97 Å². The number of carboxylic acids is 1. The van der Waals surface area contributed by atoms with E-state index in [0.717, 1.165) is 0 Å². The summed E-state index contributed by atoms with van der Waals surface area (Å²) in [7, 11) is 0. The lowest BCUT2D eigenvalue weighted by Crippen LogP contribution is -2.36. The largest absolute Gasteiger partial charge is 0.481 e. The van der Waals surface area contributed by atoms with E-state index in [1.807, 2.05) is 0 Å². The normalized spacial score (nSPS) is 14.0. The van der Waals surface area contributed by atoms with Crippen LogP contribution < -0.4 is 5.73 Å². The molecule has 6 heteroatoms. The first kappa shape index (κ1) is 11.4. The maximum absolute atomic E-state index is 10.9. The zero-order valence-corrected chi connectivity index (χ0v) is 9.39. The van der Waals surface area contributed by atoms with E-state index in [2.05, 4.69) is 4.98 Å². The number of nitrogens with two attached hydrogens (primary N) is 1. The van der Waals surface area contributed by atoms with Crippen LogP contribution in [0.4, 0.5) is 0 Å². The minimum atomic E-state index is -1.04. The Morgan fingerprint density at radius 1 is 1.79 bits per heavy atom. The molecule has 1 aromatic rings. The highest BCUT2D eigenvalue weighted by molar-refractivity contribution is 7.15. The van der Waals surface area contributed by atoms with Crippen molar-refractivity contribution in [2.45, 2.75) is 19.9 Å². The Morgan fingerprint density at radius 2 is 2.36 bits per heavy atom. The Balaban J connectivity index is 2.95. The van der Waals surface area contributed by atoms with Crippen molar-refractivity contribution in [3.05, 3.63) is 15.5 Å². The average molecular weight is 235 g/mol. The van der Waals surface area contributed by atoms with Crippen molar-refractivity contribution in [1.29, 1.82) is 0 Å². The predicted octanol–water partition coefficient (Wildman–Crippen LogP) is 1.91. The molecule has 0 aliphatic carbocycles. The van der Waals surface area contributed by atoms with E-state index in [-0.39, 0.29) is 0 Å². The van der Waals surface area contributed by atoms with Crippen LogP contribution >= 0.6 is 22.9 Å². The first-order valence-electron chi connectivity index (χ1n) is 3.96. The lowest BCUT2D eigenvalue weighted by atomic mass is 9.85. The third kappa shape index (κ3) is 2.05. The van der Waals surface area contributed by atoms with Gasteiger partial charge in [0.25, 0.3) is 0 Å². The number of aliphatic carboxylic acids is 1. The van der Waals surface area contributed by atoms with Crippen molar-refractivity contribution in [1.82, 2.24) is 4.98 Å². The third-order valence-electron chi connectivity index (χ3n) is 2.09. The summed E-state index contributed by atoms with van der Waals surface area (Å²) in [5, 5.41) is 9.49. The number of nitrogens with zero attached hydrogens (tertiary/aromatic N) is 1. The van der Waals surface area contributed by atoms with Gasteiger partial charge in [0.2, 0.25) is 0 Å². The van der Waals surface area contributed by atoms with Crippen molar-refractivity contribution >= 4 is 28.9 Å². The highest BCUT2D eigenvalue weighted by atomic mass is 35.5. The molecule has 0 bridgehead atoms. The number of rotatable bonds is 3. The van der Waals surface area contributed by atoms with Gasteiger partial charge in [0, 0.05) is 0 Å². The SMILES string of the molecule is CC(C)(C(=O)O)C(N)c1ncc(Cl)s1. The highest BCUT2D eigenvalue weighted by Gasteiger charge is 2.37. The maximum Gasteiger partial charge on any atom is 0.311 e. The standard InChI is InChI=1S/C8H11ClN2O2S/c1-8(2,7(12)13)5(10)6-11-3-4(9)14-6/h3,5H,10H2,1-2H3,(H,12,13). The van der Waals surface area contributed by atoms with Gasteiger partial charge in [-0.15, -0.1) is 11.3 Å². The monoisotopic (exact) mass is 234 g/mol. The van der Waals surface area contributed by atoms with Gasteiger partial charge in [-0.25, -0.2) is 4.98 Å². The number of hydrogen-bond acceptors (Lipinski definition) is 4. The Bertz CT molecular complexity index is 351. The van der Waals surface area contributed by atoms with E-state index in [1.54, 1.807) is 13.8 Å². The second-order valence-corrected chi connectivity index (χ2v) is 5.20. The van der Waals surface area contributed by atoms with Crippen LogP contribution in [0.5, 0.6) is 0 Å². The van der Waals surface area contributed by atoms with Crippen LogP contribution in [-0.4, -0.2) is 16.1 Å². The molecule has 4 nitrogen and oxygen atoms in total. The van der Waals surface area contributed by atoms with Crippen LogP contribution in [0, 0.1) is 5.41 Å². The zero-order chi connectivity index (χ0) is 10.9. The molecule has 1 unspecified atom stereocenters. The maximum atomic E-state index is 10.9. The van der Waals surface area contributed by atoms with E-state index >= 15 is 0 Å². The fourth-order valence-corrected chi connectivity index (χ4v) is 1.97. The van der Waals surface area contributed by atoms with Gasteiger partial charge in [-0.05, 0) is 13.8 Å². The van der Waals surface area contributed by atoms with Crippen LogP contribution in [0.3, 0.4) is 0 Å². The van der Waals surface area contributed by atoms with Gasteiger partial charge in [0.1, 0.15) is 9.34 Å². The zero-order valence-electron chi connectivity index (χ0n) is 7.82. The van der Waals surface area contributed by atoms with Gasteiger partial charge in [0.05, 0.1) is 17.7 Å². The predicted molar refractivity (Wildman–Crippen MR) is 55.5 cm³/mol. The lowest BCUT2D eigenvalue weighted by Gasteiger charge is -2.24. The van der Waals surface area contributed by atoms with Crippen LogP contribution in [0.15, 0.2) is 6.20 Å². The number of aromatic nitrogens is 1. The Morgan fingerprint density at radius 3 is 2.71 bits per heavy atom. The number of carbonyl (C=O) groups is 1. The van der Waals surface area contributed by atoms with E-state index in [1.165, 1.54) is 17.5 Å². The number of halogens is 1. The van der Waals surface area contributed by atoms with Crippen LogP contribution in [0.25, 0.3) is 0 Å². The Labute approximate surface area is 90.7 Å². The smallest absolute Gasteiger partial charge is 0.311 e. The van der Waals surface area contributed by atoms with Crippen molar-refractivity contribution in [3.63, 3.8) is 0 Å². The van der Waals surface area contributed by atoms with Gasteiger partial charge < -0.3 is 10.8 Å². The summed E-state index contributed by atoms with van der Waals surface area (Å²) < 4.78 is 0.511. The van der Waals surface area contributed by atoms with Gasteiger partial charge in [-0.3, -0.25) is 4.79 Å². The summed E-state index contributed by atoms with van der Waals surface area (Å²) >= 11 is 6.89. The van der Waals surface area contributed by atoms with Gasteiger partial charge in [0.15, 0.2) is 0 Å². The molecule has 0 saturated carbocycles. The molecule has 1 aromatic heterocycles. The van der Waals surface area contributed by atoms with Crippen molar-refractivity contribution in [3.8, 4) is 0 Å². The summed E-state index contributed by atoms with van der Waals surface area (Å²) in [6.45, 7) is 3.13. The van der Waals surface area contributed by atoms with Crippen LogP contribution in [0.2, 0.25) is 4.34 Å². The molecular formula is C8H11ClN2O2S. The summed E-state index contributed by atoms with van der Waals surface area (Å²) in [6, 6.07) is -0.641. The van der Waals surface area contributed by atoms with Crippen molar-refractivity contribution < 1.29 is 9.90 Å². The molecule has 14 heavy (non-hydrogen) atoms. The molecule has 0 aliphatic rings. The first-order valence-corrected chi connectivity index (χ1v) is 5.15. The van der Waals surface area contributed by atoms with E-state index in [0.29, 0.717) is 9.34 Å². The Kier molecular flexibility index (Phi) is 3.14. The number of thiazole rings is 1. The lowest BCUT2D eigenvalue weighted by molar-refractivity contribution is -0.148. The molecule has 0 saturated heterocycles. The van der Waals surface area contributed by atoms with Crippen LogP contribution in [0.1, 0.15) is 24.9 Å². The van der Waals surface area contributed by atoms with Gasteiger partial charge in [-0.1, -0.05) is 11.6 Å². The molecule has 1 rings (SSSR count). The second-order valence-electron chi connectivity index (χ2n) is 3.51. The molecule has 0 radical (unpaired) electrons. The quantitative estimate of drug-likeness (QED) is 0.838. The summed E-state index contributed by atoms with van der Waals surface area (Å²) in [4.78, 5) is 14.9. The highest BCUT2D eigenvalue weighted by Crippen LogP contribution is 2.34. The van der Waals surface area contributed by atoms with E-state index < -0.39 is 17.4 Å². The summed E-state index contributed by atoms with van der Waals surface area (Å²) in [6.07, 6.45) is 1.47. The average Bonchev–Trinajstić information content (AvgIpc) is 2.50. The fraction of sp³-hybridized carbons (Fsp3) is 0.500. The molecule has 0 amide bonds. The molecule has 1 heterocycles. The molecule has 1 atom stereocenters.